The number of benzene rings is 1. The molecule has 0 fully saturated rings. The molecular weight excluding hydrogens is 381 g/mol. The van der Waals surface area contributed by atoms with Gasteiger partial charge in [-0.2, -0.15) is 0 Å². The molecule has 2 aromatic rings. The Bertz CT molecular complexity index is 772. The molecule has 0 atom stereocenters. The number of hydrogen-bond acceptors (Lipinski definition) is 2. The first kappa shape index (κ1) is 24.1. The van der Waals surface area contributed by atoms with Crippen LogP contribution in [0.3, 0.4) is 0 Å². The molecule has 0 aliphatic carbocycles. The lowest BCUT2D eigenvalue weighted by molar-refractivity contribution is 0.371. The van der Waals surface area contributed by atoms with E-state index in [1.807, 2.05) is 12.3 Å². The number of nitrogens with zero attached hydrogens (tertiary/aromatic N) is 1. The number of aromatic nitrogens is 1. The van der Waals surface area contributed by atoms with E-state index in [4.69, 9.17) is 9.79 Å². The molecule has 1 heterocycles. The van der Waals surface area contributed by atoms with Crippen LogP contribution in [0.15, 0.2) is 30.5 Å². The second-order valence-corrected chi connectivity index (χ2v) is 9.98. The predicted octanol–water partition coefficient (Wildman–Crippen LogP) is 6.81. The van der Waals surface area contributed by atoms with Crippen LogP contribution in [0.25, 0.3) is 10.9 Å². The van der Waals surface area contributed by atoms with Gasteiger partial charge in [0.15, 0.2) is 0 Å². The molecule has 0 amide bonds. The molecule has 1 aromatic heterocycles. The minimum atomic E-state index is -3.86. The van der Waals surface area contributed by atoms with Gasteiger partial charge in [0.25, 0.3) is 0 Å². The number of unbranched alkanes of at least 4 members (excludes halogenated alkanes) is 9. The van der Waals surface area contributed by atoms with Crippen molar-refractivity contribution in [3.63, 3.8) is 0 Å². The molecule has 0 bridgehead atoms. The summed E-state index contributed by atoms with van der Waals surface area (Å²) in [6, 6.07) is 8.66. The zero-order valence-electron chi connectivity index (χ0n) is 18.0. The number of pyridine rings is 1. The van der Waals surface area contributed by atoms with Crippen LogP contribution in [-0.2, 0) is 17.4 Å². The molecule has 0 unspecified atom stereocenters. The monoisotopic (exact) mass is 419 g/mol. The van der Waals surface area contributed by atoms with E-state index >= 15 is 0 Å². The maximum absolute atomic E-state index is 10.9. The Morgan fingerprint density at radius 2 is 1.38 bits per heavy atom. The van der Waals surface area contributed by atoms with Gasteiger partial charge in [-0.1, -0.05) is 76.5 Å². The van der Waals surface area contributed by atoms with Crippen molar-refractivity contribution in [2.75, 3.05) is 6.16 Å². The minimum Gasteiger partial charge on any atom is -0.324 e. The third kappa shape index (κ3) is 9.42. The van der Waals surface area contributed by atoms with Gasteiger partial charge in [0.1, 0.15) is 0 Å². The number of rotatable bonds is 15. The van der Waals surface area contributed by atoms with Crippen LogP contribution in [0, 0.1) is 0 Å². The Hall–Kier alpha value is -1.22. The third-order valence-corrected chi connectivity index (χ3v) is 6.54. The van der Waals surface area contributed by atoms with Gasteiger partial charge in [-0.15, -0.1) is 0 Å². The standard InChI is InChI=1S/C24H38NO3P/c1-2-3-4-5-6-7-8-10-14-21-17-18-22(24-23(21)16-13-19-25-24)15-11-9-12-20-29(26,27)28/h13,16-19H,2-12,14-15,20H2,1H3,(H2,26,27,28). The molecule has 29 heavy (non-hydrogen) atoms. The summed E-state index contributed by atoms with van der Waals surface area (Å²) in [5.74, 6) is 0. The lowest BCUT2D eigenvalue weighted by Crippen LogP contribution is -1.96. The molecule has 4 nitrogen and oxygen atoms in total. The molecule has 162 valence electrons. The Labute approximate surface area is 176 Å². The first-order valence-electron chi connectivity index (χ1n) is 11.4. The van der Waals surface area contributed by atoms with Gasteiger partial charge in [0, 0.05) is 17.7 Å². The van der Waals surface area contributed by atoms with Crippen molar-refractivity contribution in [2.45, 2.75) is 90.4 Å². The summed E-state index contributed by atoms with van der Waals surface area (Å²) in [6.07, 6.45) is 16.9. The summed E-state index contributed by atoms with van der Waals surface area (Å²) in [7, 11) is -3.86. The lowest BCUT2D eigenvalue weighted by atomic mass is 9.96. The van der Waals surface area contributed by atoms with Crippen LogP contribution in [0.5, 0.6) is 0 Å². The van der Waals surface area contributed by atoms with Gasteiger partial charge in [0.05, 0.1) is 5.52 Å². The molecule has 0 saturated heterocycles. The Morgan fingerprint density at radius 3 is 2.07 bits per heavy atom. The summed E-state index contributed by atoms with van der Waals surface area (Å²) >= 11 is 0. The first-order valence-corrected chi connectivity index (χ1v) is 13.2. The molecule has 5 heteroatoms. The highest BCUT2D eigenvalue weighted by Gasteiger charge is 2.12. The number of fused-ring (bicyclic) bond motifs is 1. The van der Waals surface area contributed by atoms with Crippen LogP contribution in [0.2, 0.25) is 0 Å². The van der Waals surface area contributed by atoms with Crippen molar-refractivity contribution >= 4 is 18.5 Å². The fourth-order valence-corrected chi connectivity index (χ4v) is 4.60. The minimum absolute atomic E-state index is 0.0104. The molecule has 2 rings (SSSR count). The maximum atomic E-state index is 10.9. The Balaban J connectivity index is 1.82. The predicted molar refractivity (Wildman–Crippen MR) is 123 cm³/mol. The molecule has 2 N–H and O–H groups in total. The van der Waals surface area contributed by atoms with Crippen molar-refractivity contribution in [3.05, 3.63) is 41.6 Å². The average molecular weight is 420 g/mol. The van der Waals surface area contributed by atoms with Crippen LogP contribution in [0.4, 0.5) is 0 Å². The quantitative estimate of drug-likeness (QED) is 0.246. The van der Waals surface area contributed by atoms with Crippen molar-refractivity contribution in [1.29, 1.82) is 0 Å². The van der Waals surface area contributed by atoms with Gasteiger partial charge in [0.2, 0.25) is 0 Å². The summed E-state index contributed by atoms with van der Waals surface area (Å²) in [5, 5.41) is 1.27. The first-order chi connectivity index (χ1) is 14.0. The molecule has 0 radical (unpaired) electrons. The fraction of sp³-hybridized carbons (Fsp3) is 0.625. The highest BCUT2D eigenvalue weighted by molar-refractivity contribution is 7.51. The highest BCUT2D eigenvalue weighted by atomic mass is 31.2. The largest absolute Gasteiger partial charge is 0.325 e. The zero-order chi connectivity index (χ0) is 21.0. The normalized spacial score (nSPS) is 12.0. The summed E-state index contributed by atoms with van der Waals surface area (Å²) < 4.78 is 10.9. The van der Waals surface area contributed by atoms with Crippen LogP contribution in [-0.4, -0.2) is 20.9 Å². The van der Waals surface area contributed by atoms with E-state index in [1.165, 1.54) is 67.9 Å². The fourth-order valence-electron chi connectivity index (χ4n) is 3.97. The van der Waals surface area contributed by atoms with Crippen molar-refractivity contribution in [2.24, 2.45) is 0 Å². The van der Waals surface area contributed by atoms with E-state index in [9.17, 15) is 4.57 Å². The van der Waals surface area contributed by atoms with Gasteiger partial charge < -0.3 is 9.79 Å². The summed E-state index contributed by atoms with van der Waals surface area (Å²) in [4.78, 5) is 22.6. The van der Waals surface area contributed by atoms with E-state index < -0.39 is 7.60 Å². The van der Waals surface area contributed by atoms with Gasteiger partial charge in [-0.05, 0) is 49.3 Å². The third-order valence-electron chi connectivity index (χ3n) is 5.64. The zero-order valence-corrected chi connectivity index (χ0v) is 18.9. The molecule has 0 spiro atoms. The van der Waals surface area contributed by atoms with Gasteiger partial charge in [-0.25, -0.2) is 0 Å². The molecule has 0 aliphatic heterocycles. The van der Waals surface area contributed by atoms with Gasteiger partial charge in [-0.3, -0.25) is 9.55 Å². The SMILES string of the molecule is CCCCCCCCCCc1ccc(CCCCCP(=O)(O)O)c2ncccc12. The maximum Gasteiger partial charge on any atom is 0.325 e. The molecule has 0 aliphatic rings. The topological polar surface area (TPSA) is 70.4 Å². The van der Waals surface area contributed by atoms with Gasteiger partial charge >= 0.3 is 7.60 Å². The molecule has 1 aromatic carbocycles. The summed E-state index contributed by atoms with van der Waals surface area (Å²) in [5.41, 5.74) is 3.74. The molecular formula is C24H38NO3P. The van der Waals surface area contributed by atoms with Crippen molar-refractivity contribution < 1.29 is 14.4 Å². The smallest absolute Gasteiger partial charge is 0.324 e. The number of aryl methyl sites for hydroxylation is 2. The Morgan fingerprint density at radius 1 is 0.793 bits per heavy atom. The van der Waals surface area contributed by atoms with E-state index in [0.29, 0.717) is 6.42 Å². The van der Waals surface area contributed by atoms with E-state index in [2.05, 4.69) is 30.1 Å². The van der Waals surface area contributed by atoms with E-state index in [-0.39, 0.29) is 6.16 Å². The van der Waals surface area contributed by atoms with Crippen molar-refractivity contribution in [1.82, 2.24) is 4.98 Å². The molecule has 0 saturated carbocycles. The Kier molecular flexibility index (Phi) is 10.9. The average Bonchev–Trinajstić information content (AvgIpc) is 2.70. The lowest BCUT2D eigenvalue weighted by Gasteiger charge is -2.11. The summed E-state index contributed by atoms with van der Waals surface area (Å²) in [6.45, 7) is 2.26. The van der Waals surface area contributed by atoms with E-state index in [1.54, 1.807) is 0 Å². The second-order valence-electron chi connectivity index (χ2n) is 8.21. The van der Waals surface area contributed by atoms with Crippen LogP contribution in [0.1, 0.15) is 88.7 Å². The number of hydrogen-bond donors (Lipinski definition) is 2. The van der Waals surface area contributed by atoms with Crippen molar-refractivity contribution in [3.8, 4) is 0 Å². The van der Waals surface area contributed by atoms with Crippen LogP contribution >= 0.6 is 7.60 Å². The van der Waals surface area contributed by atoms with E-state index in [0.717, 1.165) is 31.2 Å². The van der Waals surface area contributed by atoms with Crippen LogP contribution < -0.4 is 0 Å². The second kappa shape index (κ2) is 13.2. The highest BCUT2D eigenvalue weighted by Crippen LogP contribution is 2.35.